The van der Waals surface area contributed by atoms with Crippen molar-refractivity contribution < 1.29 is 0 Å². The van der Waals surface area contributed by atoms with Crippen molar-refractivity contribution in [1.29, 1.82) is 0 Å². The van der Waals surface area contributed by atoms with Gasteiger partial charge in [-0.25, -0.2) is 0 Å². The third-order valence-electron chi connectivity index (χ3n) is 0.813. The van der Waals surface area contributed by atoms with E-state index in [9.17, 15) is 0 Å². The fourth-order valence-electron chi connectivity index (χ4n) is 0. The molecular formula is C5H10S. The Morgan fingerprint density at radius 1 is 1.50 bits per heavy atom. The summed E-state index contributed by atoms with van der Waals surface area (Å²) >= 11 is 4.82. The zero-order chi connectivity index (χ0) is 5.15. The molecule has 0 unspecified atom stereocenters. The van der Waals surface area contributed by atoms with Crippen molar-refractivity contribution in [1.82, 2.24) is 0 Å². The lowest BCUT2D eigenvalue weighted by Gasteiger charge is -1.95. The molecule has 0 aliphatic heterocycles. The van der Waals surface area contributed by atoms with Crippen LogP contribution in [-0.2, 0) is 0 Å². The first-order valence-corrected chi connectivity index (χ1v) is 2.56. The predicted octanol–water partition coefficient (Wildman–Crippen LogP) is 2.03. The molecule has 0 aromatic heterocycles. The molecule has 0 saturated carbocycles. The Labute approximate surface area is 44.6 Å². The van der Waals surface area contributed by atoms with Crippen molar-refractivity contribution >= 4 is 17.1 Å². The van der Waals surface area contributed by atoms with Crippen molar-refractivity contribution in [3.8, 4) is 0 Å². The van der Waals surface area contributed by atoms with Crippen molar-refractivity contribution in [3.63, 3.8) is 0 Å². The second-order valence-electron chi connectivity index (χ2n) is 1.77. The summed E-state index contributed by atoms with van der Waals surface area (Å²) in [6.45, 7) is 6.17. The van der Waals surface area contributed by atoms with E-state index in [1.54, 1.807) is 0 Å². The molecule has 0 nitrogen and oxygen atoms in total. The lowest BCUT2D eigenvalue weighted by Crippen LogP contribution is -1.95. The molecule has 0 heterocycles. The topological polar surface area (TPSA) is 0 Å². The zero-order valence-corrected chi connectivity index (χ0v) is 5.30. The maximum atomic E-state index is 4.82. The first-order chi connectivity index (χ1) is 2.64. The Morgan fingerprint density at radius 3 is 1.67 bits per heavy atom. The van der Waals surface area contributed by atoms with Crippen LogP contribution in [0.15, 0.2) is 0 Å². The van der Waals surface area contributed by atoms with Gasteiger partial charge in [-0.1, -0.05) is 26.1 Å². The largest absolute Gasteiger partial charge is 0.0897 e. The summed E-state index contributed by atoms with van der Waals surface area (Å²) in [6.07, 6.45) is 0. The van der Waals surface area contributed by atoms with Gasteiger partial charge in [0.1, 0.15) is 0 Å². The summed E-state index contributed by atoms with van der Waals surface area (Å²) < 4.78 is 0. The molecule has 0 N–H and O–H groups in total. The molecular weight excluding hydrogens is 92.1 g/mol. The molecule has 0 aliphatic rings. The highest BCUT2D eigenvalue weighted by molar-refractivity contribution is 7.80. The van der Waals surface area contributed by atoms with Gasteiger partial charge in [-0.3, -0.25) is 0 Å². The number of rotatable bonds is 1. The lowest BCUT2D eigenvalue weighted by molar-refractivity contribution is 0.896. The summed E-state index contributed by atoms with van der Waals surface area (Å²) in [6, 6.07) is 0. The average Bonchev–Trinajstić information content (AvgIpc) is 1.36. The van der Waals surface area contributed by atoms with Crippen molar-refractivity contribution in [2.45, 2.75) is 20.8 Å². The zero-order valence-electron chi connectivity index (χ0n) is 4.49. The van der Waals surface area contributed by atoms with E-state index < -0.39 is 0 Å². The smallest absolute Gasteiger partial charge is 0.00771 e. The van der Waals surface area contributed by atoms with Crippen LogP contribution in [0.25, 0.3) is 0 Å². The predicted molar refractivity (Wildman–Crippen MR) is 33.1 cm³/mol. The normalized spacial score (nSPS) is 9.33. The SMILES string of the molecule is CC(=S)C(C)C. The monoisotopic (exact) mass is 102 g/mol. The van der Waals surface area contributed by atoms with E-state index in [1.807, 2.05) is 6.92 Å². The fraction of sp³-hybridized carbons (Fsp3) is 0.800. The Morgan fingerprint density at radius 2 is 1.67 bits per heavy atom. The van der Waals surface area contributed by atoms with Crippen LogP contribution in [0.5, 0.6) is 0 Å². The van der Waals surface area contributed by atoms with Gasteiger partial charge < -0.3 is 0 Å². The minimum atomic E-state index is 0.583. The Kier molecular flexibility index (Phi) is 2.33. The van der Waals surface area contributed by atoms with Crippen LogP contribution in [0.1, 0.15) is 20.8 Å². The molecule has 1 heteroatoms. The van der Waals surface area contributed by atoms with Crippen LogP contribution in [0.2, 0.25) is 0 Å². The van der Waals surface area contributed by atoms with Gasteiger partial charge in [-0.2, -0.15) is 0 Å². The second-order valence-corrected chi connectivity index (χ2v) is 2.41. The summed E-state index contributed by atoms with van der Waals surface area (Å²) in [5.74, 6) is 0.583. The van der Waals surface area contributed by atoms with E-state index in [1.165, 1.54) is 0 Å². The Balaban J connectivity index is 3.26. The van der Waals surface area contributed by atoms with Crippen LogP contribution in [0.3, 0.4) is 0 Å². The maximum Gasteiger partial charge on any atom is -0.00771 e. The van der Waals surface area contributed by atoms with E-state index in [2.05, 4.69) is 13.8 Å². The molecule has 0 aromatic rings. The summed E-state index contributed by atoms with van der Waals surface area (Å²) in [5, 5.41) is 0. The summed E-state index contributed by atoms with van der Waals surface area (Å²) in [7, 11) is 0. The highest BCUT2D eigenvalue weighted by Gasteiger charge is 1.90. The standard InChI is InChI=1S/C5H10S/c1-4(2)5(3)6/h4H,1-3H3. The number of thiocarbonyl (C=S) groups is 1. The van der Waals surface area contributed by atoms with Crippen molar-refractivity contribution in [2.75, 3.05) is 0 Å². The van der Waals surface area contributed by atoms with Gasteiger partial charge in [0.15, 0.2) is 0 Å². The fourth-order valence-corrected chi connectivity index (χ4v) is 0. The molecule has 0 aromatic carbocycles. The summed E-state index contributed by atoms with van der Waals surface area (Å²) in [4.78, 5) is 1.09. The Hall–Kier alpha value is 0.0900. The molecule has 0 amide bonds. The number of hydrogen-bond donors (Lipinski definition) is 0. The van der Waals surface area contributed by atoms with Crippen LogP contribution in [0, 0.1) is 5.92 Å². The van der Waals surface area contributed by atoms with Gasteiger partial charge in [0.05, 0.1) is 0 Å². The molecule has 6 heavy (non-hydrogen) atoms. The molecule has 0 atom stereocenters. The molecule has 0 aliphatic carbocycles. The highest BCUT2D eigenvalue weighted by atomic mass is 32.1. The highest BCUT2D eigenvalue weighted by Crippen LogP contribution is 1.93. The van der Waals surface area contributed by atoms with Gasteiger partial charge in [-0.15, -0.1) is 0 Å². The van der Waals surface area contributed by atoms with Crippen LogP contribution in [-0.4, -0.2) is 4.86 Å². The van der Waals surface area contributed by atoms with Crippen molar-refractivity contribution in [3.05, 3.63) is 0 Å². The molecule has 0 spiro atoms. The molecule has 0 radical (unpaired) electrons. The average molecular weight is 102 g/mol. The van der Waals surface area contributed by atoms with Gasteiger partial charge in [0.2, 0.25) is 0 Å². The van der Waals surface area contributed by atoms with Crippen LogP contribution < -0.4 is 0 Å². The van der Waals surface area contributed by atoms with Crippen molar-refractivity contribution in [2.24, 2.45) is 5.92 Å². The first kappa shape index (κ1) is 6.09. The molecule has 0 fully saturated rings. The van der Waals surface area contributed by atoms with Crippen LogP contribution in [0.4, 0.5) is 0 Å². The van der Waals surface area contributed by atoms with E-state index in [0.29, 0.717) is 5.92 Å². The minimum Gasteiger partial charge on any atom is -0.0897 e. The minimum absolute atomic E-state index is 0.583. The Bertz CT molecular complexity index is 55.0. The molecule has 0 rings (SSSR count). The second kappa shape index (κ2) is 2.30. The van der Waals surface area contributed by atoms with E-state index in [0.717, 1.165) is 4.86 Å². The third kappa shape index (κ3) is 2.33. The van der Waals surface area contributed by atoms with Gasteiger partial charge in [0, 0.05) is 0 Å². The quantitative estimate of drug-likeness (QED) is 0.456. The summed E-state index contributed by atoms with van der Waals surface area (Å²) in [5.41, 5.74) is 0. The van der Waals surface area contributed by atoms with E-state index in [4.69, 9.17) is 12.2 Å². The molecule has 36 valence electrons. The van der Waals surface area contributed by atoms with Gasteiger partial charge in [0.25, 0.3) is 0 Å². The molecule has 0 bridgehead atoms. The van der Waals surface area contributed by atoms with E-state index in [-0.39, 0.29) is 0 Å². The molecule has 0 saturated heterocycles. The lowest BCUT2D eigenvalue weighted by atomic mass is 10.2. The first-order valence-electron chi connectivity index (χ1n) is 2.15. The van der Waals surface area contributed by atoms with Gasteiger partial charge in [-0.05, 0) is 17.7 Å². The maximum absolute atomic E-state index is 4.82. The van der Waals surface area contributed by atoms with E-state index >= 15 is 0 Å². The third-order valence-corrected chi connectivity index (χ3v) is 1.28. The number of hydrogen-bond acceptors (Lipinski definition) is 1. The van der Waals surface area contributed by atoms with Crippen LogP contribution >= 0.6 is 12.2 Å². The van der Waals surface area contributed by atoms with Gasteiger partial charge >= 0.3 is 0 Å².